The molecule has 3 aromatic carbocycles. The van der Waals surface area contributed by atoms with E-state index < -0.39 is 0 Å². The quantitative estimate of drug-likeness (QED) is 0.243. The Balaban J connectivity index is 1.68. The molecule has 130 valence electrons. The van der Waals surface area contributed by atoms with Crippen LogP contribution < -0.4 is 0 Å². The summed E-state index contributed by atoms with van der Waals surface area (Å²) >= 11 is -0.0205. The zero-order chi connectivity index (χ0) is 18.0. The second-order valence-electron chi connectivity index (χ2n) is 6.91. The molecule has 6 rings (SSSR count). The minimum absolute atomic E-state index is 0.0205. The van der Waals surface area contributed by atoms with Gasteiger partial charge in [0, 0.05) is 27.3 Å². The van der Waals surface area contributed by atoms with Crippen molar-refractivity contribution in [3.05, 3.63) is 75.6 Å². The van der Waals surface area contributed by atoms with Crippen LogP contribution in [-0.2, 0) is 0 Å². The van der Waals surface area contributed by atoms with Crippen LogP contribution in [0.25, 0.3) is 50.1 Å². The van der Waals surface area contributed by atoms with Crippen LogP contribution in [-0.4, -0.2) is 4.01 Å². The Bertz CT molecular complexity index is 1430. The predicted molar refractivity (Wildman–Crippen MR) is 122 cm³/mol. The van der Waals surface area contributed by atoms with Gasteiger partial charge in [-0.25, -0.2) is 0 Å². The van der Waals surface area contributed by atoms with E-state index in [2.05, 4.69) is 63.6 Å². The molecule has 5 aromatic rings. The SMILES string of the molecule is Cc1cc(-c2ccc3oc4c(c3c2)C=IC=C4)c2oc3ccccc3c2c1. The molecule has 2 nitrogen and oxygen atoms in total. The second-order valence-corrected chi connectivity index (χ2v) is 8.97. The Morgan fingerprint density at radius 2 is 1.70 bits per heavy atom. The average Bonchev–Trinajstić information content (AvgIpc) is 3.25. The zero-order valence-corrected chi connectivity index (χ0v) is 16.8. The van der Waals surface area contributed by atoms with Crippen molar-refractivity contribution in [2.24, 2.45) is 0 Å². The summed E-state index contributed by atoms with van der Waals surface area (Å²) in [5, 5.41) is 3.54. The third-order valence-corrected chi connectivity index (χ3v) is 6.91. The maximum absolute atomic E-state index is 6.26. The third kappa shape index (κ3) is 2.28. The third-order valence-electron chi connectivity index (χ3n) is 5.15. The molecule has 1 aliphatic rings. The topological polar surface area (TPSA) is 26.3 Å². The van der Waals surface area contributed by atoms with Crippen LogP contribution in [0.5, 0.6) is 0 Å². The summed E-state index contributed by atoms with van der Waals surface area (Å²) < 4.78 is 16.9. The Kier molecular flexibility index (Phi) is 3.23. The van der Waals surface area contributed by atoms with Crippen molar-refractivity contribution < 1.29 is 8.83 Å². The van der Waals surface area contributed by atoms with E-state index in [1.807, 2.05) is 12.1 Å². The van der Waals surface area contributed by atoms with Gasteiger partial charge >= 0.3 is 0 Å². The second kappa shape index (κ2) is 5.67. The van der Waals surface area contributed by atoms with E-state index >= 15 is 0 Å². The van der Waals surface area contributed by atoms with E-state index in [0.717, 1.165) is 28.1 Å². The van der Waals surface area contributed by atoms with Crippen LogP contribution in [0.2, 0.25) is 0 Å². The first-order valence-electron chi connectivity index (χ1n) is 8.88. The van der Waals surface area contributed by atoms with Gasteiger partial charge < -0.3 is 8.83 Å². The molecule has 0 bridgehead atoms. The van der Waals surface area contributed by atoms with Gasteiger partial charge in [-0.05, 0) is 62.6 Å². The number of aryl methyl sites for hydroxylation is 1. The van der Waals surface area contributed by atoms with Crippen molar-refractivity contribution >= 4 is 63.7 Å². The molecule has 0 spiro atoms. The van der Waals surface area contributed by atoms with E-state index in [-0.39, 0.29) is 20.7 Å². The van der Waals surface area contributed by atoms with Crippen molar-refractivity contribution in [1.29, 1.82) is 0 Å². The number of para-hydroxylation sites is 1. The van der Waals surface area contributed by atoms with E-state index in [0.29, 0.717) is 0 Å². The van der Waals surface area contributed by atoms with Gasteiger partial charge in [0.2, 0.25) is 0 Å². The first kappa shape index (κ1) is 15.4. The molecule has 0 radical (unpaired) electrons. The number of halogens is 1. The van der Waals surface area contributed by atoms with Crippen LogP contribution in [0.15, 0.2) is 67.5 Å². The maximum Gasteiger partial charge on any atom is 0.143 e. The summed E-state index contributed by atoms with van der Waals surface area (Å²) in [4.78, 5) is 0. The van der Waals surface area contributed by atoms with Gasteiger partial charge in [-0.2, -0.15) is 0 Å². The lowest BCUT2D eigenvalue weighted by atomic mass is 9.98. The van der Waals surface area contributed by atoms with Crippen LogP contribution >= 0.6 is 20.7 Å². The summed E-state index contributed by atoms with van der Waals surface area (Å²) in [6, 6.07) is 19.2. The number of fused-ring (bicyclic) bond motifs is 6. The fourth-order valence-corrected chi connectivity index (χ4v) is 5.66. The fraction of sp³-hybridized carbons (Fsp3) is 0.0417. The molecule has 27 heavy (non-hydrogen) atoms. The minimum atomic E-state index is -0.0205. The van der Waals surface area contributed by atoms with Gasteiger partial charge in [-0.3, -0.25) is 0 Å². The highest BCUT2D eigenvalue weighted by Crippen LogP contribution is 2.39. The molecule has 0 N–H and O–H groups in total. The lowest BCUT2D eigenvalue weighted by Crippen LogP contribution is -1.84. The van der Waals surface area contributed by atoms with Gasteiger partial charge in [-0.1, -0.05) is 45.0 Å². The van der Waals surface area contributed by atoms with Gasteiger partial charge in [0.05, 0.1) is 0 Å². The molecular weight excluding hydrogens is 447 g/mol. The van der Waals surface area contributed by atoms with Crippen molar-refractivity contribution in [2.75, 3.05) is 0 Å². The number of rotatable bonds is 1. The van der Waals surface area contributed by atoms with E-state index in [4.69, 9.17) is 8.83 Å². The fourth-order valence-electron chi connectivity index (χ4n) is 3.92. The van der Waals surface area contributed by atoms with Gasteiger partial charge in [0.25, 0.3) is 0 Å². The van der Waals surface area contributed by atoms with Crippen LogP contribution in [0, 0.1) is 6.92 Å². The van der Waals surface area contributed by atoms with Gasteiger partial charge in [0.1, 0.15) is 22.5 Å². The highest BCUT2D eigenvalue weighted by atomic mass is 127. The van der Waals surface area contributed by atoms with E-state index in [9.17, 15) is 0 Å². The molecule has 3 heteroatoms. The minimum Gasteiger partial charge on any atom is -0.456 e. The maximum atomic E-state index is 6.26. The summed E-state index contributed by atoms with van der Waals surface area (Å²) in [6.07, 6.45) is 2.12. The Labute approximate surface area is 165 Å². The normalized spacial score (nSPS) is 13.4. The average molecular weight is 462 g/mol. The summed E-state index contributed by atoms with van der Waals surface area (Å²) in [5.74, 6) is 0.978. The molecule has 0 saturated carbocycles. The molecule has 2 aromatic heterocycles. The van der Waals surface area contributed by atoms with Crippen LogP contribution in [0.3, 0.4) is 0 Å². The molecular formula is C24H15IO2. The molecule has 0 atom stereocenters. The Morgan fingerprint density at radius 3 is 2.67 bits per heavy atom. The Morgan fingerprint density at radius 1 is 0.815 bits per heavy atom. The number of hydrogen-bond acceptors (Lipinski definition) is 2. The molecule has 0 amide bonds. The monoisotopic (exact) mass is 462 g/mol. The smallest absolute Gasteiger partial charge is 0.143 e. The molecule has 0 fully saturated rings. The molecule has 0 aliphatic carbocycles. The summed E-state index contributed by atoms with van der Waals surface area (Å²) in [5.41, 5.74) is 7.62. The zero-order valence-electron chi connectivity index (χ0n) is 14.6. The molecule has 3 heterocycles. The lowest BCUT2D eigenvalue weighted by molar-refractivity contribution is 0.604. The largest absolute Gasteiger partial charge is 0.456 e. The van der Waals surface area contributed by atoms with Crippen LogP contribution in [0.4, 0.5) is 0 Å². The van der Waals surface area contributed by atoms with E-state index in [1.165, 1.54) is 32.8 Å². The lowest BCUT2D eigenvalue weighted by Gasteiger charge is -2.05. The predicted octanol–water partition coefficient (Wildman–Crippen LogP) is 7.41. The number of hydrogen-bond donors (Lipinski definition) is 0. The van der Waals surface area contributed by atoms with Crippen molar-refractivity contribution in [3.8, 4) is 11.1 Å². The number of benzene rings is 3. The van der Waals surface area contributed by atoms with Crippen LogP contribution in [0.1, 0.15) is 16.9 Å². The molecule has 1 aliphatic heterocycles. The highest BCUT2D eigenvalue weighted by Gasteiger charge is 2.16. The molecule has 0 saturated heterocycles. The van der Waals surface area contributed by atoms with Crippen molar-refractivity contribution in [2.45, 2.75) is 6.92 Å². The van der Waals surface area contributed by atoms with E-state index in [1.54, 1.807) is 0 Å². The summed E-state index contributed by atoms with van der Waals surface area (Å²) in [6.45, 7) is 2.14. The molecule has 0 unspecified atom stereocenters. The standard InChI is InChI=1S/C24H15IO2/c1-14-10-17(24-19(11-14)16-4-2-3-5-21(16)27-24)15-6-7-22-18(12-15)20-13-25-9-8-23(20)26-22/h2-13H,1H3. The van der Waals surface area contributed by atoms with Crippen molar-refractivity contribution in [3.63, 3.8) is 0 Å². The first-order chi connectivity index (χ1) is 13.3. The first-order valence-corrected chi connectivity index (χ1v) is 11.4. The summed E-state index contributed by atoms with van der Waals surface area (Å²) in [7, 11) is 0. The number of furan rings is 2. The van der Waals surface area contributed by atoms with Gasteiger partial charge in [-0.15, -0.1) is 0 Å². The Hall–Kier alpha value is -2.66. The van der Waals surface area contributed by atoms with Gasteiger partial charge in [0.15, 0.2) is 0 Å². The van der Waals surface area contributed by atoms with Crippen molar-refractivity contribution in [1.82, 2.24) is 0 Å². The highest BCUT2D eigenvalue weighted by molar-refractivity contribution is 14.2.